The van der Waals surface area contributed by atoms with Gasteiger partial charge in [0.2, 0.25) is 0 Å². The second-order valence-corrected chi connectivity index (χ2v) is 5.53. The summed E-state index contributed by atoms with van der Waals surface area (Å²) in [6.07, 6.45) is 4.58. The highest BCUT2D eigenvalue weighted by Crippen LogP contribution is 2.20. The summed E-state index contributed by atoms with van der Waals surface area (Å²) < 4.78 is 7.35. The molecule has 0 aliphatic heterocycles. The molecular formula is C19H16N4O2. The number of carbonyl (C=O) groups is 1. The van der Waals surface area contributed by atoms with Crippen LogP contribution in [0, 0.1) is 18.3 Å². The van der Waals surface area contributed by atoms with Gasteiger partial charge in [0.1, 0.15) is 17.6 Å². The van der Waals surface area contributed by atoms with Crippen molar-refractivity contribution in [3.05, 3.63) is 77.6 Å². The number of hydrogen-bond donors (Lipinski definition) is 0. The Morgan fingerprint density at radius 3 is 2.80 bits per heavy atom. The van der Waals surface area contributed by atoms with Crippen LogP contribution in [0.5, 0.6) is 0 Å². The first-order valence-electron chi connectivity index (χ1n) is 7.76. The predicted octanol–water partition coefficient (Wildman–Crippen LogP) is 3.37. The van der Waals surface area contributed by atoms with E-state index in [-0.39, 0.29) is 5.69 Å². The summed E-state index contributed by atoms with van der Waals surface area (Å²) >= 11 is 0. The molecule has 3 rings (SSSR count). The number of aromatic nitrogens is 3. The number of rotatable bonds is 4. The molecule has 0 radical (unpaired) electrons. The Kier molecular flexibility index (Phi) is 4.57. The molecule has 0 fully saturated rings. The highest BCUT2D eigenvalue weighted by atomic mass is 16.5. The van der Waals surface area contributed by atoms with Crippen molar-refractivity contribution in [3.63, 3.8) is 0 Å². The highest BCUT2D eigenvalue weighted by molar-refractivity contribution is 5.88. The van der Waals surface area contributed by atoms with E-state index in [4.69, 9.17) is 10.00 Å². The Balaban J connectivity index is 1.79. The van der Waals surface area contributed by atoms with Crippen LogP contribution in [0.2, 0.25) is 0 Å². The monoisotopic (exact) mass is 332 g/mol. The van der Waals surface area contributed by atoms with Gasteiger partial charge in [0.25, 0.3) is 0 Å². The molecule has 6 nitrogen and oxygen atoms in total. The zero-order valence-corrected chi connectivity index (χ0v) is 13.9. The van der Waals surface area contributed by atoms with Gasteiger partial charge in [0, 0.05) is 18.6 Å². The van der Waals surface area contributed by atoms with E-state index in [1.165, 1.54) is 0 Å². The number of carbonyl (C=O) groups excluding carboxylic acids is 1. The third-order valence-electron chi connectivity index (χ3n) is 3.83. The summed E-state index contributed by atoms with van der Waals surface area (Å²) in [6.45, 7) is 3.64. The molecule has 1 aromatic carbocycles. The van der Waals surface area contributed by atoms with Gasteiger partial charge in [0.15, 0.2) is 0 Å². The molecule has 0 aliphatic rings. The van der Waals surface area contributed by atoms with Crippen molar-refractivity contribution in [2.24, 2.45) is 0 Å². The first-order valence-corrected chi connectivity index (χ1v) is 7.76. The van der Waals surface area contributed by atoms with Crippen molar-refractivity contribution >= 4 is 5.97 Å². The SMILES string of the molecule is Cc1nccn1-c1ccnc(C(=O)O[C@@H](C)c2cccc(C#N)c2)c1. The molecule has 3 aromatic rings. The lowest BCUT2D eigenvalue weighted by atomic mass is 10.1. The number of imidazole rings is 1. The fraction of sp³-hybridized carbons (Fsp3) is 0.158. The van der Waals surface area contributed by atoms with Crippen LogP contribution in [0.15, 0.2) is 55.0 Å². The van der Waals surface area contributed by atoms with Crippen LogP contribution in [-0.2, 0) is 4.74 Å². The average molecular weight is 332 g/mol. The van der Waals surface area contributed by atoms with Crippen LogP contribution >= 0.6 is 0 Å². The van der Waals surface area contributed by atoms with E-state index in [9.17, 15) is 4.79 Å². The standard InChI is InChI=1S/C19H16N4O2/c1-13(16-5-3-4-15(10-16)12-20)25-19(24)18-11-17(6-7-22-18)23-9-8-21-14(23)2/h3-11,13H,1-2H3/t13-/m0/s1. The second kappa shape index (κ2) is 6.97. The Bertz CT molecular complexity index is 956. The summed E-state index contributed by atoms with van der Waals surface area (Å²) in [5, 5.41) is 8.97. The summed E-state index contributed by atoms with van der Waals surface area (Å²) in [7, 11) is 0. The molecule has 0 spiro atoms. The van der Waals surface area contributed by atoms with Gasteiger partial charge in [-0.3, -0.25) is 0 Å². The molecule has 0 saturated heterocycles. The van der Waals surface area contributed by atoms with Gasteiger partial charge in [-0.1, -0.05) is 12.1 Å². The second-order valence-electron chi connectivity index (χ2n) is 5.53. The van der Waals surface area contributed by atoms with E-state index in [1.807, 2.05) is 23.8 Å². The molecule has 124 valence electrons. The van der Waals surface area contributed by atoms with Crippen molar-refractivity contribution < 1.29 is 9.53 Å². The van der Waals surface area contributed by atoms with Crippen molar-refractivity contribution in [2.75, 3.05) is 0 Å². The quantitative estimate of drug-likeness (QED) is 0.684. The topological polar surface area (TPSA) is 80.8 Å². The van der Waals surface area contributed by atoms with Crippen molar-refractivity contribution in [3.8, 4) is 11.8 Å². The fourth-order valence-electron chi connectivity index (χ4n) is 2.48. The molecule has 6 heteroatoms. The molecule has 0 bridgehead atoms. The molecule has 0 aliphatic carbocycles. The number of nitrogens with zero attached hydrogens (tertiary/aromatic N) is 4. The number of ether oxygens (including phenoxy) is 1. The Hall–Kier alpha value is -3.46. The average Bonchev–Trinajstić information content (AvgIpc) is 3.07. The molecule has 2 heterocycles. The molecule has 2 aromatic heterocycles. The van der Waals surface area contributed by atoms with Crippen LogP contribution in [0.4, 0.5) is 0 Å². The van der Waals surface area contributed by atoms with Gasteiger partial charge in [-0.2, -0.15) is 5.26 Å². The largest absolute Gasteiger partial charge is 0.453 e. The minimum atomic E-state index is -0.519. The minimum Gasteiger partial charge on any atom is -0.453 e. The molecule has 0 amide bonds. The number of pyridine rings is 1. The normalized spacial score (nSPS) is 11.6. The highest BCUT2D eigenvalue weighted by Gasteiger charge is 2.16. The number of nitriles is 1. The van der Waals surface area contributed by atoms with Crippen LogP contribution in [-0.4, -0.2) is 20.5 Å². The van der Waals surface area contributed by atoms with Crippen molar-refractivity contribution in [1.82, 2.24) is 14.5 Å². The maximum atomic E-state index is 12.4. The van der Waals surface area contributed by atoms with E-state index in [2.05, 4.69) is 16.0 Å². The maximum Gasteiger partial charge on any atom is 0.357 e. The van der Waals surface area contributed by atoms with Crippen LogP contribution in [0.3, 0.4) is 0 Å². The lowest BCUT2D eigenvalue weighted by Crippen LogP contribution is -2.11. The molecule has 1 atom stereocenters. The van der Waals surface area contributed by atoms with E-state index in [1.54, 1.807) is 49.6 Å². The van der Waals surface area contributed by atoms with Crippen LogP contribution in [0.25, 0.3) is 5.69 Å². The summed E-state index contributed by atoms with van der Waals surface area (Å²) in [6, 6.07) is 12.5. The Morgan fingerprint density at radius 2 is 2.08 bits per heavy atom. The van der Waals surface area contributed by atoms with Gasteiger partial charge in [-0.15, -0.1) is 0 Å². The number of hydrogen-bond acceptors (Lipinski definition) is 5. The maximum absolute atomic E-state index is 12.4. The third-order valence-corrected chi connectivity index (χ3v) is 3.83. The summed E-state index contributed by atoms with van der Waals surface area (Å²) in [5.74, 6) is 0.293. The zero-order chi connectivity index (χ0) is 17.8. The lowest BCUT2D eigenvalue weighted by Gasteiger charge is -2.14. The van der Waals surface area contributed by atoms with Gasteiger partial charge in [-0.25, -0.2) is 14.8 Å². The smallest absolute Gasteiger partial charge is 0.357 e. The van der Waals surface area contributed by atoms with Crippen molar-refractivity contribution in [1.29, 1.82) is 5.26 Å². The minimum absolute atomic E-state index is 0.217. The predicted molar refractivity (Wildman–Crippen MR) is 91.1 cm³/mol. The van der Waals surface area contributed by atoms with E-state index >= 15 is 0 Å². The fourth-order valence-corrected chi connectivity index (χ4v) is 2.48. The van der Waals surface area contributed by atoms with Gasteiger partial charge in [-0.05, 0) is 43.7 Å². The summed E-state index contributed by atoms with van der Waals surface area (Å²) in [5.41, 5.74) is 2.29. The Morgan fingerprint density at radius 1 is 1.24 bits per heavy atom. The van der Waals surface area contributed by atoms with Gasteiger partial charge in [0.05, 0.1) is 17.3 Å². The van der Waals surface area contributed by atoms with E-state index in [0.29, 0.717) is 5.56 Å². The molecule has 0 saturated carbocycles. The molecular weight excluding hydrogens is 316 g/mol. The van der Waals surface area contributed by atoms with Gasteiger partial charge >= 0.3 is 5.97 Å². The van der Waals surface area contributed by atoms with Crippen molar-refractivity contribution in [2.45, 2.75) is 20.0 Å². The first kappa shape index (κ1) is 16.4. The van der Waals surface area contributed by atoms with Crippen LogP contribution < -0.4 is 0 Å². The molecule has 0 unspecified atom stereocenters. The lowest BCUT2D eigenvalue weighted by molar-refractivity contribution is 0.0330. The molecule has 25 heavy (non-hydrogen) atoms. The zero-order valence-electron chi connectivity index (χ0n) is 13.9. The van der Waals surface area contributed by atoms with Crippen LogP contribution in [0.1, 0.15) is 40.5 Å². The number of aryl methyl sites for hydroxylation is 1. The molecule has 0 N–H and O–H groups in total. The number of esters is 1. The summed E-state index contributed by atoms with van der Waals surface area (Å²) in [4.78, 5) is 20.7. The van der Waals surface area contributed by atoms with E-state index in [0.717, 1.165) is 17.1 Å². The third kappa shape index (κ3) is 3.56. The number of benzene rings is 1. The Labute approximate surface area is 145 Å². The van der Waals surface area contributed by atoms with E-state index < -0.39 is 12.1 Å². The first-order chi connectivity index (χ1) is 12.1. The van der Waals surface area contributed by atoms with Gasteiger partial charge < -0.3 is 9.30 Å².